The Labute approximate surface area is 97.7 Å². The molecule has 88 valence electrons. The number of nitrogens with two attached hydrogens (primary N) is 1. The molecule has 0 spiro atoms. The quantitative estimate of drug-likeness (QED) is 0.831. The minimum atomic E-state index is 0.0145. The summed E-state index contributed by atoms with van der Waals surface area (Å²) in [5, 5.41) is 0. The number of hydrogen-bond acceptors (Lipinski definition) is 3. The molecule has 0 amide bonds. The first-order chi connectivity index (χ1) is 7.50. The van der Waals surface area contributed by atoms with Gasteiger partial charge in [-0.15, -0.1) is 0 Å². The van der Waals surface area contributed by atoms with Crippen LogP contribution in [0.4, 0.5) is 5.69 Å². The minimum absolute atomic E-state index is 0.0145. The van der Waals surface area contributed by atoms with Crippen LogP contribution in [0.5, 0.6) is 0 Å². The van der Waals surface area contributed by atoms with E-state index in [2.05, 4.69) is 29.8 Å². The number of pyridine rings is 1. The second-order valence-electron chi connectivity index (χ2n) is 5.30. The highest BCUT2D eigenvalue weighted by Gasteiger charge is 2.31. The predicted octanol–water partition coefficient (Wildman–Crippen LogP) is 2.48. The maximum absolute atomic E-state index is 5.79. The summed E-state index contributed by atoms with van der Waals surface area (Å²) in [5.74, 6) is 0. The Kier molecular flexibility index (Phi) is 2.89. The van der Waals surface area contributed by atoms with E-state index in [0.717, 1.165) is 12.2 Å². The molecule has 1 aliphatic rings. The molecule has 1 aromatic heterocycles. The van der Waals surface area contributed by atoms with Crippen LogP contribution in [0.1, 0.15) is 45.3 Å². The number of nitrogens with zero attached hydrogens (tertiary/aromatic N) is 2. The molecule has 0 bridgehead atoms. The van der Waals surface area contributed by atoms with Crippen molar-refractivity contribution in [3.05, 3.63) is 24.0 Å². The van der Waals surface area contributed by atoms with E-state index in [1.54, 1.807) is 0 Å². The predicted molar refractivity (Wildman–Crippen MR) is 67.5 cm³/mol. The lowest BCUT2D eigenvalue weighted by Gasteiger charge is -2.33. The molecule has 16 heavy (non-hydrogen) atoms. The Morgan fingerprint density at radius 2 is 2.19 bits per heavy atom. The molecule has 2 rings (SSSR count). The van der Waals surface area contributed by atoms with Gasteiger partial charge < -0.3 is 10.6 Å². The molecular formula is C13H21N3. The largest absolute Gasteiger partial charge is 0.365 e. The molecule has 3 heteroatoms. The number of hydrogen-bond donors (Lipinski definition) is 1. The molecule has 0 aliphatic carbocycles. The van der Waals surface area contributed by atoms with Crippen molar-refractivity contribution in [3.8, 4) is 0 Å². The van der Waals surface area contributed by atoms with Gasteiger partial charge in [-0.2, -0.15) is 0 Å². The molecule has 0 saturated carbocycles. The molecule has 2 N–H and O–H groups in total. The topological polar surface area (TPSA) is 42.1 Å². The van der Waals surface area contributed by atoms with Crippen molar-refractivity contribution in [2.24, 2.45) is 5.73 Å². The Morgan fingerprint density at radius 3 is 2.62 bits per heavy atom. The van der Waals surface area contributed by atoms with E-state index >= 15 is 0 Å². The van der Waals surface area contributed by atoms with Gasteiger partial charge in [-0.3, -0.25) is 4.98 Å². The third kappa shape index (κ3) is 2.05. The van der Waals surface area contributed by atoms with Crippen LogP contribution in [-0.2, 0) is 0 Å². The van der Waals surface area contributed by atoms with Crippen LogP contribution < -0.4 is 10.6 Å². The van der Waals surface area contributed by atoms with E-state index in [9.17, 15) is 0 Å². The smallest absolute Gasteiger partial charge is 0.0569 e. The fourth-order valence-corrected chi connectivity index (χ4v) is 2.41. The summed E-state index contributed by atoms with van der Waals surface area (Å²) in [6, 6.07) is 4.19. The summed E-state index contributed by atoms with van der Waals surface area (Å²) in [6.45, 7) is 7.67. The van der Waals surface area contributed by atoms with E-state index in [1.807, 2.05) is 19.2 Å². The summed E-state index contributed by atoms with van der Waals surface area (Å²) < 4.78 is 0. The lowest BCUT2D eigenvalue weighted by atomic mass is 10.0. The average Bonchev–Trinajstić information content (AvgIpc) is 2.58. The maximum Gasteiger partial charge on any atom is 0.0569 e. The van der Waals surface area contributed by atoms with Crippen molar-refractivity contribution < 1.29 is 0 Å². The SMILES string of the molecule is C[C@@H](N)c1ccc(N2CCCC2(C)C)cn1. The van der Waals surface area contributed by atoms with Gasteiger partial charge in [0.25, 0.3) is 0 Å². The molecule has 1 aromatic rings. The van der Waals surface area contributed by atoms with Gasteiger partial charge in [-0.05, 0) is 45.7 Å². The fraction of sp³-hybridized carbons (Fsp3) is 0.615. The van der Waals surface area contributed by atoms with E-state index in [1.165, 1.54) is 18.5 Å². The Morgan fingerprint density at radius 1 is 1.44 bits per heavy atom. The summed E-state index contributed by atoms with van der Waals surface area (Å²) in [5.41, 5.74) is 8.23. The zero-order valence-corrected chi connectivity index (χ0v) is 10.4. The molecule has 1 aliphatic heterocycles. The lowest BCUT2D eigenvalue weighted by Crippen LogP contribution is -2.38. The molecule has 0 unspecified atom stereocenters. The van der Waals surface area contributed by atoms with Gasteiger partial charge in [-0.1, -0.05) is 0 Å². The Balaban J connectivity index is 2.22. The molecule has 1 fully saturated rings. The minimum Gasteiger partial charge on any atom is -0.365 e. The van der Waals surface area contributed by atoms with Crippen molar-refractivity contribution in [3.63, 3.8) is 0 Å². The standard InChI is InChI=1S/C13H21N3/c1-10(14)12-6-5-11(9-15-12)16-8-4-7-13(16,2)3/h5-6,9-10H,4,7-8,14H2,1-3H3/t10-/m1/s1. The van der Waals surface area contributed by atoms with Crippen LogP contribution in [0, 0.1) is 0 Å². The van der Waals surface area contributed by atoms with Crippen LogP contribution in [0.3, 0.4) is 0 Å². The highest BCUT2D eigenvalue weighted by Crippen LogP contribution is 2.33. The lowest BCUT2D eigenvalue weighted by molar-refractivity contribution is 0.517. The van der Waals surface area contributed by atoms with Gasteiger partial charge in [0.15, 0.2) is 0 Å². The van der Waals surface area contributed by atoms with Crippen LogP contribution in [0.15, 0.2) is 18.3 Å². The highest BCUT2D eigenvalue weighted by atomic mass is 15.2. The van der Waals surface area contributed by atoms with E-state index in [4.69, 9.17) is 5.73 Å². The third-order valence-electron chi connectivity index (χ3n) is 3.45. The first kappa shape index (κ1) is 11.4. The van der Waals surface area contributed by atoms with Crippen molar-refractivity contribution >= 4 is 5.69 Å². The van der Waals surface area contributed by atoms with Crippen LogP contribution in [0.2, 0.25) is 0 Å². The monoisotopic (exact) mass is 219 g/mol. The summed E-state index contributed by atoms with van der Waals surface area (Å²) in [7, 11) is 0. The summed E-state index contributed by atoms with van der Waals surface area (Å²) >= 11 is 0. The van der Waals surface area contributed by atoms with Gasteiger partial charge in [-0.25, -0.2) is 0 Å². The first-order valence-electron chi connectivity index (χ1n) is 6.00. The van der Waals surface area contributed by atoms with Crippen molar-refractivity contribution in [2.75, 3.05) is 11.4 Å². The fourth-order valence-electron chi connectivity index (χ4n) is 2.41. The molecule has 0 radical (unpaired) electrons. The normalized spacial score (nSPS) is 21.1. The maximum atomic E-state index is 5.79. The first-order valence-corrected chi connectivity index (χ1v) is 6.00. The molecule has 3 nitrogen and oxygen atoms in total. The average molecular weight is 219 g/mol. The summed E-state index contributed by atoms with van der Waals surface area (Å²) in [4.78, 5) is 6.86. The number of anilines is 1. The second-order valence-corrected chi connectivity index (χ2v) is 5.30. The van der Waals surface area contributed by atoms with Crippen LogP contribution >= 0.6 is 0 Å². The van der Waals surface area contributed by atoms with Gasteiger partial charge >= 0.3 is 0 Å². The van der Waals surface area contributed by atoms with Gasteiger partial charge in [0.1, 0.15) is 0 Å². The zero-order valence-electron chi connectivity index (χ0n) is 10.4. The second kappa shape index (κ2) is 4.06. The molecule has 1 atom stereocenters. The number of rotatable bonds is 2. The van der Waals surface area contributed by atoms with Gasteiger partial charge in [0.05, 0.1) is 17.6 Å². The van der Waals surface area contributed by atoms with E-state index in [0.29, 0.717) is 0 Å². The number of aromatic nitrogens is 1. The van der Waals surface area contributed by atoms with Crippen molar-refractivity contribution in [1.82, 2.24) is 4.98 Å². The molecular weight excluding hydrogens is 198 g/mol. The van der Waals surface area contributed by atoms with E-state index in [-0.39, 0.29) is 11.6 Å². The van der Waals surface area contributed by atoms with Crippen LogP contribution in [0.25, 0.3) is 0 Å². The Bertz CT molecular complexity index is 354. The molecule has 0 aromatic carbocycles. The highest BCUT2D eigenvalue weighted by molar-refractivity contribution is 5.48. The van der Waals surface area contributed by atoms with Crippen molar-refractivity contribution in [1.29, 1.82) is 0 Å². The summed E-state index contributed by atoms with van der Waals surface area (Å²) in [6.07, 6.45) is 4.47. The van der Waals surface area contributed by atoms with Crippen molar-refractivity contribution in [2.45, 2.75) is 45.2 Å². The third-order valence-corrected chi connectivity index (χ3v) is 3.45. The molecule has 1 saturated heterocycles. The Hall–Kier alpha value is -1.09. The molecule has 2 heterocycles. The van der Waals surface area contributed by atoms with E-state index < -0.39 is 0 Å². The van der Waals surface area contributed by atoms with Crippen LogP contribution in [-0.4, -0.2) is 17.1 Å². The zero-order chi connectivity index (χ0) is 11.8. The van der Waals surface area contributed by atoms with Gasteiger partial charge in [0.2, 0.25) is 0 Å². The van der Waals surface area contributed by atoms with Gasteiger partial charge in [0, 0.05) is 18.1 Å².